The molecule has 0 spiro atoms. The summed E-state index contributed by atoms with van der Waals surface area (Å²) in [5.74, 6) is -4.08. The standard InChI is InChI=1S/C13H15ClF2O2/c1-8-7-11(14)9(2)6-10(8)13(15,16)5-3-4-12(17)18/h6-7H,3-5H2,1-2H3,(H,17,18). The van der Waals surface area contributed by atoms with Crippen molar-refractivity contribution >= 4 is 17.6 Å². The lowest BCUT2D eigenvalue weighted by atomic mass is 9.96. The Morgan fingerprint density at radius 1 is 1.33 bits per heavy atom. The van der Waals surface area contributed by atoms with Gasteiger partial charge in [0.1, 0.15) is 0 Å². The third-order valence-electron chi connectivity index (χ3n) is 2.78. The van der Waals surface area contributed by atoms with Gasteiger partial charge in [0.2, 0.25) is 0 Å². The first-order valence-electron chi connectivity index (χ1n) is 5.61. The summed E-state index contributed by atoms with van der Waals surface area (Å²) in [7, 11) is 0. The summed E-state index contributed by atoms with van der Waals surface area (Å²) in [6.07, 6.45) is -0.772. The van der Waals surface area contributed by atoms with Gasteiger partial charge >= 0.3 is 5.97 Å². The van der Waals surface area contributed by atoms with Gasteiger partial charge in [0.05, 0.1) is 0 Å². The highest BCUT2D eigenvalue weighted by molar-refractivity contribution is 6.31. The summed E-state index contributed by atoms with van der Waals surface area (Å²) in [6, 6.07) is 2.88. The highest BCUT2D eigenvalue weighted by Gasteiger charge is 2.33. The predicted octanol–water partition coefficient (Wildman–Crippen LogP) is 4.30. The molecular formula is C13H15ClF2O2. The van der Waals surface area contributed by atoms with Crippen LogP contribution in [0.3, 0.4) is 0 Å². The van der Waals surface area contributed by atoms with E-state index < -0.39 is 18.3 Å². The number of carboxylic acids is 1. The van der Waals surface area contributed by atoms with Crippen LogP contribution in [0.2, 0.25) is 5.02 Å². The zero-order valence-electron chi connectivity index (χ0n) is 10.3. The number of carboxylic acid groups (broad SMARTS) is 1. The van der Waals surface area contributed by atoms with Crippen molar-refractivity contribution < 1.29 is 18.7 Å². The topological polar surface area (TPSA) is 37.3 Å². The summed E-state index contributed by atoms with van der Waals surface area (Å²) in [5.41, 5.74) is 0.941. The predicted molar refractivity (Wildman–Crippen MR) is 66.3 cm³/mol. The molecule has 1 aromatic rings. The Hall–Kier alpha value is -1.16. The first kappa shape index (κ1) is 14.9. The zero-order valence-corrected chi connectivity index (χ0v) is 11.0. The van der Waals surface area contributed by atoms with Crippen LogP contribution in [-0.4, -0.2) is 11.1 Å². The molecule has 1 rings (SSSR count). The third kappa shape index (κ3) is 3.67. The molecule has 0 aliphatic rings. The molecule has 0 aliphatic heterocycles. The smallest absolute Gasteiger partial charge is 0.303 e. The van der Waals surface area contributed by atoms with Crippen molar-refractivity contribution in [2.45, 2.75) is 39.0 Å². The summed E-state index contributed by atoms with van der Waals surface area (Å²) in [5, 5.41) is 8.91. The van der Waals surface area contributed by atoms with Gasteiger partial charge in [-0.2, -0.15) is 0 Å². The molecule has 0 fully saturated rings. The number of aliphatic carboxylic acids is 1. The average Bonchev–Trinajstić information content (AvgIpc) is 2.22. The number of hydrogen-bond donors (Lipinski definition) is 1. The molecule has 1 aromatic carbocycles. The normalized spacial score (nSPS) is 11.6. The third-order valence-corrected chi connectivity index (χ3v) is 3.19. The van der Waals surface area contributed by atoms with Crippen molar-refractivity contribution in [1.29, 1.82) is 0 Å². The van der Waals surface area contributed by atoms with Crippen molar-refractivity contribution in [2.24, 2.45) is 0 Å². The van der Waals surface area contributed by atoms with Gasteiger partial charge in [-0.3, -0.25) is 4.79 Å². The average molecular weight is 277 g/mol. The number of alkyl halides is 2. The van der Waals surface area contributed by atoms with Gasteiger partial charge < -0.3 is 5.11 Å². The van der Waals surface area contributed by atoms with Gasteiger partial charge in [-0.05, 0) is 43.5 Å². The van der Waals surface area contributed by atoms with E-state index in [-0.39, 0.29) is 18.4 Å². The van der Waals surface area contributed by atoms with Crippen LogP contribution in [0.15, 0.2) is 12.1 Å². The Bertz CT molecular complexity index is 459. The highest BCUT2D eigenvalue weighted by atomic mass is 35.5. The van der Waals surface area contributed by atoms with Crippen molar-refractivity contribution in [2.75, 3.05) is 0 Å². The van der Waals surface area contributed by atoms with Gasteiger partial charge in [0, 0.05) is 23.4 Å². The van der Waals surface area contributed by atoms with Crippen LogP contribution in [0.1, 0.15) is 36.0 Å². The van der Waals surface area contributed by atoms with Crippen LogP contribution in [0, 0.1) is 13.8 Å². The number of rotatable bonds is 5. The second kappa shape index (κ2) is 5.65. The largest absolute Gasteiger partial charge is 0.481 e. The number of benzene rings is 1. The van der Waals surface area contributed by atoms with E-state index in [1.54, 1.807) is 13.8 Å². The number of hydrogen-bond acceptors (Lipinski definition) is 1. The lowest BCUT2D eigenvalue weighted by Gasteiger charge is -2.19. The summed E-state index contributed by atoms with van der Waals surface area (Å²) in [4.78, 5) is 10.3. The fourth-order valence-corrected chi connectivity index (χ4v) is 1.99. The van der Waals surface area contributed by atoms with Crippen molar-refractivity contribution in [1.82, 2.24) is 0 Å². The van der Waals surface area contributed by atoms with Crippen LogP contribution in [0.4, 0.5) is 8.78 Å². The van der Waals surface area contributed by atoms with E-state index in [2.05, 4.69) is 0 Å². The first-order valence-corrected chi connectivity index (χ1v) is 5.98. The maximum Gasteiger partial charge on any atom is 0.303 e. The Morgan fingerprint density at radius 2 is 1.94 bits per heavy atom. The van der Waals surface area contributed by atoms with E-state index in [0.29, 0.717) is 16.1 Å². The summed E-state index contributed by atoms with van der Waals surface area (Å²) in [6.45, 7) is 3.24. The van der Waals surface area contributed by atoms with Gasteiger partial charge in [-0.1, -0.05) is 11.6 Å². The Balaban J connectivity index is 2.90. The van der Waals surface area contributed by atoms with Crippen LogP contribution in [0.5, 0.6) is 0 Å². The van der Waals surface area contributed by atoms with E-state index in [9.17, 15) is 13.6 Å². The molecule has 0 heterocycles. The maximum absolute atomic E-state index is 13.9. The molecule has 1 N–H and O–H groups in total. The molecule has 0 aliphatic carbocycles. The van der Waals surface area contributed by atoms with E-state index >= 15 is 0 Å². The second-order valence-corrected chi connectivity index (χ2v) is 4.78. The van der Waals surface area contributed by atoms with Gasteiger partial charge in [0.15, 0.2) is 0 Å². The molecule has 0 amide bonds. The monoisotopic (exact) mass is 276 g/mol. The Kier molecular flexibility index (Phi) is 4.68. The fourth-order valence-electron chi connectivity index (χ4n) is 1.77. The number of halogens is 3. The second-order valence-electron chi connectivity index (χ2n) is 4.37. The molecule has 100 valence electrons. The van der Waals surface area contributed by atoms with E-state index in [1.807, 2.05) is 0 Å². The van der Waals surface area contributed by atoms with Crippen molar-refractivity contribution in [3.8, 4) is 0 Å². The number of aryl methyl sites for hydroxylation is 2. The molecule has 18 heavy (non-hydrogen) atoms. The van der Waals surface area contributed by atoms with Gasteiger partial charge in [0.25, 0.3) is 5.92 Å². The molecule has 0 radical (unpaired) electrons. The Morgan fingerprint density at radius 3 is 2.50 bits per heavy atom. The van der Waals surface area contributed by atoms with Gasteiger partial charge in [-0.15, -0.1) is 0 Å². The molecule has 0 saturated carbocycles. The van der Waals surface area contributed by atoms with Crippen LogP contribution < -0.4 is 0 Å². The minimum Gasteiger partial charge on any atom is -0.481 e. The lowest BCUT2D eigenvalue weighted by molar-refractivity contribution is -0.137. The molecule has 0 aromatic heterocycles. The van der Waals surface area contributed by atoms with Crippen LogP contribution >= 0.6 is 11.6 Å². The zero-order chi connectivity index (χ0) is 13.9. The SMILES string of the molecule is Cc1cc(C(F)(F)CCCC(=O)O)c(C)cc1Cl. The lowest BCUT2D eigenvalue weighted by Crippen LogP contribution is -2.16. The summed E-state index contributed by atoms with van der Waals surface area (Å²) < 4.78 is 27.9. The molecule has 2 nitrogen and oxygen atoms in total. The van der Waals surface area contributed by atoms with E-state index in [0.717, 1.165) is 0 Å². The Labute approximate surface area is 110 Å². The van der Waals surface area contributed by atoms with Crippen LogP contribution in [0.25, 0.3) is 0 Å². The molecule has 0 atom stereocenters. The molecule has 0 bridgehead atoms. The minimum absolute atomic E-state index is 0.0521. The quantitative estimate of drug-likeness (QED) is 0.870. The molecule has 0 saturated heterocycles. The van der Waals surface area contributed by atoms with E-state index in [4.69, 9.17) is 16.7 Å². The molecular weight excluding hydrogens is 262 g/mol. The fraction of sp³-hybridized carbons (Fsp3) is 0.462. The maximum atomic E-state index is 13.9. The van der Waals surface area contributed by atoms with E-state index in [1.165, 1.54) is 12.1 Å². The first-order chi connectivity index (χ1) is 8.24. The highest BCUT2D eigenvalue weighted by Crippen LogP contribution is 2.37. The van der Waals surface area contributed by atoms with Gasteiger partial charge in [-0.25, -0.2) is 8.78 Å². The van der Waals surface area contributed by atoms with Crippen LogP contribution in [-0.2, 0) is 10.7 Å². The molecule has 0 unspecified atom stereocenters. The molecule has 5 heteroatoms. The van der Waals surface area contributed by atoms with Crippen molar-refractivity contribution in [3.63, 3.8) is 0 Å². The van der Waals surface area contributed by atoms with Crippen molar-refractivity contribution in [3.05, 3.63) is 33.8 Å². The number of carbonyl (C=O) groups is 1. The summed E-state index contributed by atoms with van der Waals surface area (Å²) >= 11 is 5.86. The minimum atomic E-state index is -3.02.